The second kappa shape index (κ2) is 2.86. The summed E-state index contributed by atoms with van der Waals surface area (Å²) in [6, 6.07) is 0. The van der Waals surface area contributed by atoms with E-state index in [1.54, 1.807) is 0 Å². The van der Waals surface area contributed by atoms with Crippen molar-refractivity contribution in [3.63, 3.8) is 0 Å². The highest BCUT2D eigenvalue weighted by molar-refractivity contribution is 8.01. The smallest absolute Gasteiger partial charge is 0.198 e. The Hall–Kier alpha value is -0.190. The monoisotopic (exact) mass is 264 g/mol. The zero-order valence-corrected chi connectivity index (χ0v) is 9.82. The van der Waals surface area contributed by atoms with Crippen molar-refractivity contribution in [2.24, 2.45) is 23.7 Å². The summed E-state index contributed by atoms with van der Waals surface area (Å²) >= 11 is 0.233. The number of halogens is 4. The maximum atomic E-state index is 13.8. The molecule has 0 nitrogen and oxygen atoms in total. The average molecular weight is 264 g/mol. The van der Waals surface area contributed by atoms with Gasteiger partial charge in [-0.25, -0.2) is 0 Å². The topological polar surface area (TPSA) is 0 Å². The van der Waals surface area contributed by atoms with Crippen LogP contribution in [-0.4, -0.2) is 16.4 Å². The third kappa shape index (κ3) is 1.04. The molecule has 0 radical (unpaired) electrons. The van der Waals surface area contributed by atoms with E-state index in [0.717, 1.165) is 12.8 Å². The summed E-state index contributed by atoms with van der Waals surface area (Å²) in [7, 11) is 0. The van der Waals surface area contributed by atoms with E-state index in [9.17, 15) is 17.6 Å². The van der Waals surface area contributed by atoms with E-state index in [4.69, 9.17) is 0 Å². The summed E-state index contributed by atoms with van der Waals surface area (Å²) in [6.07, 6.45) is 4.66. The zero-order chi connectivity index (χ0) is 12.0. The van der Waals surface area contributed by atoms with Crippen molar-refractivity contribution in [3.8, 4) is 0 Å². The van der Waals surface area contributed by atoms with Gasteiger partial charge in [0, 0.05) is 11.2 Å². The maximum absolute atomic E-state index is 13.8. The van der Waals surface area contributed by atoms with Gasteiger partial charge in [0.05, 0.1) is 0 Å². The van der Waals surface area contributed by atoms with Crippen LogP contribution in [0.25, 0.3) is 0 Å². The average Bonchev–Trinajstić information content (AvgIpc) is 2.85. The Morgan fingerprint density at radius 2 is 1.94 bits per heavy atom. The first-order chi connectivity index (χ1) is 7.93. The van der Waals surface area contributed by atoms with Crippen molar-refractivity contribution in [3.05, 3.63) is 11.6 Å². The number of alkyl halides is 4. The Balaban J connectivity index is 1.79. The number of hydrogen-bond acceptors (Lipinski definition) is 1. The molecule has 5 heteroatoms. The van der Waals surface area contributed by atoms with Crippen LogP contribution in [-0.2, 0) is 0 Å². The highest BCUT2D eigenvalue weighted by Crippen LogP contribution is 2.73. The third-order valence-electron chi connectivity index (χ3n) is 5.06. The fourth-order valence-electron chi connectivity index (χ4n) is 4.52. The van der Waals surface area contributed by atoms with Gasteiger partial charge in [-0.1, -0.05) is 23.4 Å². The van der Waals surface area contributed by atoms with Gasteiger partial charge < -0.3 is 0 Å². The highest BCUT2D eigenvalue weighted by Gasteiger charge is 2.77. The molecule has 5 atom stereocenters. The van der Waals surface area contributed by atoms with Crippen molar-refractivity contribution < 1.29 is 17.6 Å². The van der Waals surface area contributed by atoms with Gasteiger partial charge in [0.25, 0.3) is 0 Å². The van der Waals surface area contributed by atoms with Crippen molar-refractivity contribution in [1.29, 1.82) is 0 Å². The van der Waals surface area contributed by atoms with Gasteiger partial charge >= 0.3 is 11.2 Å². The molecule has 0 N–H and O–H groups in total. The molecule has 17 heavy (non-hydrogen) atoms. The second-order valence-corrected chi connectivity index (χ2v) is 6.93. The lowest BCUT2D eigenvalue weighted by Gasteiger charge is -2.33. The fourth-order valence-corrected chi connectivity index (χ4v) is 6.10. The Labute approximate surface area is 101 Å². The predicted octanol–water partition coefficient (Wildman–Crippen LogP) is 3.93. The summed E-state index contributed by atoms with van der Waals surface area (Å²) < 4.78 is 54.4. The molecule has 1 aliphatic heterocycles. The van der Waals surface area contributed by atoms with Crippen LogP contribution in [0.2, 0.25) is 0 Å². The predicted molar refractivity (Wildman–Crippen MR) is 57.2 cm³/mol. The van der Waals surface area contributed by atoms with Gasteiger partial charge in [0.15, 0.2) is 0 Å². The van der Waals surface area contributed by atoms with E-state index < -0.39 is 22.3 Å². The molecule has 1 heterocycles. The lowest BCUT2D eigenvalue weighted by Crippen LogP contribution is -2.43. The molecule has 0 spiro atoms. The molecule has 3 fully saturated rings. The summed E-state index contributed by atoms with van der Waals surface area (Å²) in [5, 5.41) is -4.41. The standard InChI is InChI=1S/C12H12F4S/c13-11(14)9-7-4-8(6-3-1-2-5(6)7)10(9)17-12(11,15)16/h3,5,7-10H,1-2,4H2. The largest absolute Gasteiger partial charge is 0.356 e. The van der Waals surface area contributed by atoms with Crippen molar-refractivity contribution in [1.82, 2.24) is 0 Å². The van der Waals surface area contributed by atoms with Crippen LogP contribution in [0.15, 0.2) is 11.6 Å². The molecule has 4 aliphatic rings. The number of allylic oxidation sites excluding steroid dienone is 2. The minimum absolute atomic E-state index is 0.00162. The van der Waals surface area contributed by atoms with Crippen molar-refractivity contribution in [2.75, 3.05) is 0 Å². The number of hydrogen-bond donors (Lipinski definition) is 0. The Morgan fingerprint density at radius 3 is 2.71 bits per heavy atom. The van der Waals surface area contributed by atoms with E-state index in [1.807, 2.05) is 0 Å². The molecule has 1 saturated heterocycles. The molecule has 0 aromatic heterocycles. The van der Waals surface area contributed by atoms with Crippen molar-refractivity contribution >= 4 is 11.8 Å². The van der Waals surface area contributed by atoms with Gasteiger partial charge in [0.1, 0.15) is 0 Å². The van der Waals surface area contributed by atoms with Crippen LogP contribution < -0.4 is 0 Å². The normalized spacial score (nSPS) is 52.5. The minimum atomic E-state index is -3.86. The molecule has 4 rings (SSSR count). The molecular formula is C12H12F4S. The molecule has 94 valence electrons. The highest BCUT2D eigenvalue weighted by atomic mass is 32.2. The van der Waals surface area contributed by atoms with Crippen LogP contribution in [0.5, 0.6) is 0 Å². The number of rotatable bonds is 0. The SMILES string of the molecule is FC1(F)SC2C3CC(C4CCC=C43)C2C1(F)F. The Morgan fingerprint density at radius 1 is 1.18 bits per heavy atom. The molecule has 5 unspecified atom stereocenters. The summed E-state index contributed by atoms with van der Waals surface area (Å²) in [6.45, 7) is 0. The summed E-state index contributed by atoms with van der Waals surface area (Å²) in [4.78, 5) is 0. The molecule has 2 saturated carbocycles. The van der Waals surface area contributed by atoms with Crippen LogP contribution in [0.3, 0.4) is 0 Å². The van der Waals surface area contributed by atoms with E-state index in [-0.39, 0.29) is 29.5 Å². The minimum Gasteiger partial charge on any atom is -0.198 e. The maximum Gasteiger partial charge on any atom is 0.356 e. The summed E-state index contributed by atoms with van der Waals surface area (Å²) in [5.41, 5.74) is 1.22. The molecule has 0 aromatic carbocycles. The van der Waals surface area contributed by atoms with Gasteiger partial charge in [0.2, 0.25) is 0 Å². The van der Waals surface area contributed by atoms with Gasteiger partial charge in [-0.2, -0.15) is 17.6 Å². The molecule has 3 aliphatic carbocycles. The fraction of sp³-hybridized carbons (Fsp3) is 0.833. The van der Waals surface area contributed by atoms with E-state index in [2.05, 4.69) is 6.08 Å². The van der Waals surface area contributed by atoms with Crippen molar-refractivity contribution in [2.45, 2.75) is 35.7 Å². The quantitative estimate of drug-likeness (QED) is 0.472. The number of thioether (sulfide) groups is 1. The molecule has 0 aromatic rings. The number of fused-ring (bicyclic) bond motifs is 8. The first-order valence-electron chi connectivity index (χ1n) is 6.07. The Bertz CT molecular complexity index is 417. The molecule has 0 amide bonds. The van der Waals surface area contributed by atoms with Gasteiger partial charge in [-0.3, -0.25) is 0 Å². The third-order valence-corrected chi connectivity index (χ3v) is 6.52. The van der Waals surface area contributed by atoms with Crippen LogP contribution in [0.1, 0.15) is 19.3 Å². The summed E-state index contributed by atoms with van der Waals surface area (Å²) in [5.74, 6) is -4.92. The van der Waals surface area contributed by atoms with Gasteiger partial charge in [-0.15, -0.1) is 0 Å². The first kappa shape index (κ1) is 10.7. The molecule has 2 bridgehead atoms. The van der Waals surface area contributed by atoms with Crippen LogP contribution in [0.4, 0.5) is 17.6 Å². The second-order valence-electron chi connectivity index (χ2n) is 5.64. The van der Waals surface area contributed by atoms with E-state index >= 15 is 0 Å². The lowest BCUT2D eigenvalue weighted by molar-refractivity contribution is -0.184. The molecular weight excluding hydrogens is 252 g/mol. The first-order valence-corrected chi connectivity index (χ1v) is 6.95. The zero-order valence-electron chi connectivity index (χ0n) is 9.01. The Kier molecular flexibility index (Phi) is 1.80. The van der Waals surface area contributed by atoms with Crippen LogP contribution in [0, 0.1) is 23.7 Å². The van der Waals surface area contributed by atoms with Crippen LogP contribution >= 0.6 is 11.8 Å². The van der Waals surface area contributed by atoms with E-state index in [1.165, 1.54) is 5.57 Å². The van der Waals surface area contributed by atoms with E-state index in [0.29, 0.717) is 6.42 Å². The van der Waals surface area contributed by atoms with Gasteiger partial charge in [-0.05, 0) is 37.0 Å². The lowest BCUT2D eigenvalue weighted by atomic mass is 9.75.